The zero-order valence-corrected chi connectivity index (χ0v) is 17.3. The van der Waals surface area contributed by atoms with Gasteiger partial charge >= 0.3 is 0 Å². The van der Waals surface area contributed by atoms with Crippen LogP contribution in [0.5, 0.6) is 11.5 Å². The van der Waals surface area contributed by atoms with Crippen molar-refractivity contribution in [1.82, 2.24) is 20.1 Å². The van der Waals surface area contributed by atoms with E-state index in [0.29, 0.717) is 33.3 Å². The number of carbonyl (C=O) groups is 2. The van der Waals surface area contributed by atoms with Gasteiger partial charge in [0.05, 0.1) is 13.7 Å². The topological polar surface area (TPSA) is 110 Å². The van der Waals surface area contributed by atoms with Crippen molar-refractivity contribution >= 4 is 29.7 Å². The summed E-state index contributed by atoms with van der Waals surface area (Å²) >= 11 is 5.04. The molecule has 3 rings (SSSR count). The van der Waals surface area contributed by atoms with Gasteiger partial charge in [0.25, 0.3) is 11.8 Å². The van der Waals surface area contributed by atoms with Crippen LogP contribution in [0.2, 0.25) is 0 Å². The summed E-state index contributed by atoms with van der Waals surface area (Å²) in [5.41, 5.74) is 1.07. The molecule has 10 heteroatoms. The van der Waals surface area contributed by atoms with Gasteiger partial charge in [0, 0.05) is 24.4 Å². The Morgan fingerprint density at radius 3 is 2.60 bits per heavy atom. The van der Waals surface area contributed by atoms with Crippen LogP contribution in [0.3, 0.4) is 0 Å². The average molecular weight is 427 g/mol. The molecule has 0 fully saturated rings. The molecule has 0 aliphatic carbocycles. The van der Waals surface area contributed by atoms with Crippen molar-refractivity contribution in [3.8, 4) is 11.5 Å². The number of nitrogens with zero attached hydrogens (tertiary/aromatic N) is 2. The van der Waals surface area contributed by atoms with Gasteiger partial charge in [0.1, 0.15) is 11.5 Å². The van der Waals surface area contributed by atoms with Crippen molar-refractivity contribution in [2.75, 3.05) is 19.0 Å². The van der Waals surface area contributed by atoms with E-state index in [1.807, 2.05) is 0 Å². The highest BCUT2D eigenvalue weighted by Gasteiger charge is 2.09. The first-order valence-corrected chi connectivity index (χ1v) is 9.42. The second-order valence-corrected chi connectivity index (χ2v) is 6.67. The third-order valence-corrected chi connectivity index (χ3v) is 4.58. The number of benzene rings is 2. The maximum atomic E-state index is 12.3. The fourth-order valence-electron chi connectivity index (χ4n) is 2.55. The molecule has 2 aromatic carbocycles. The van der Waals surface area contributed by atoms with Gasteiger partial charge in [-0.15, -0.1) is 0 Å². The molecule has 9 nitrogen and oxygen atoms in total. The van der Waals surface area contributed by atoms with Gasteiger partial charge in [-0.2, -0.15) is 5.10 Å². The highest BCUT2D eigenvalue weighted by molar-refractivity contribution is 7.71. The summed E-state index contributed by atoms with van der Waals surface area (Å²) < 4.78 is 12.8. The molecule has 2 amide bonds. The van der Waals surface area contributed by atoms with Gasteiger partial charge < -0.3 is 24.7 Å². The minimum absolute atomic E-state index is 0.165. The van der Waals surface area contributed by atoms with Crippen molar-refractivity contribution in [2.24, 2.45) is 7.05 Å². The quantitative estimate of drug-likeness (QED) is 0.476. The molecule has 1 aromatic heterocycles. The van der Waals surface area contributed by atoms with Crippen LogP contribution in [0, 0.1) is 4.77 Å². The molecule has 0 radical (unpaired) electrons. The molecule has 30 heavy (non-hydrogen) atoms. The van der Waals surface area contributed by atoms with Crippen LogP contribution in [-0.2, 0) is 18.4 Å². The number of anilines is 1. The van der Waals surface area contributed by atoms with Crippen molar-refractivity contribution < 1.29 is 19.1 Å². The summed E-state index contributed by atoms with van der Waals surface area (Å²) in [6.45, 7) is 0.0764. The molecule has 3 aromatic rings. The van der Waals surface area contributed by atoms with Crippen molar-refractivity contribution in [3.63, 3.8) is 0 Å². The molecule has 0 aliphatic rings. The monoisotopic (exact) mass is 427 g/mol. The van der Waals surface area contributed by atoms with E-state index < -0.39 is 0 Å². The Balaban J connectivity index is 1.48. The van der Waals surface area contributed by atoms with Crippen molar-refractivity contribution in [2.45, 2.75) is 6.54 Å². The smallest absolute Gasteiger partial charge is 0.262 e. The number of aromatic nitrogens is 3. The number of rotatable bonds is 8. The lowest BCUT2D eigenvalue weighted by atomic mass is 10.2. The molecule has 0 unspecified atom stereocenters. The number of H-pyrrole nitrogens is 1. The summed E-state index contributed by atoms with van der Waals surface area (Å²) in [6.07, 6.45) is 0. The van der Waals surface area contributed by atoms with Gasteiger partial charge in [0.15, 0.2) is 17.2 Å². The number of aromatic amines is 1. The Kier molecular flexibility index (Phi) is 6.81. The Morgan fingerprint density at radius 1 is 1.17 bits per heavy atom. The maximum absolute atomic E-state index is 12.3. The SMILES string of the molecule is COc1cccc(NC(=O)COc2ccc(C(=O)NCc3n[nH]c(=S)n3C)cc2)c1. The molecule has 0 spiro atoms. The highest BCUT2D eigenvalue weighted by Crippen LogP contribution is 2.17. The first-order chi connectivity index (χ1) is 14.5. The number of methoxy groups -OCH3 is 1. The minimum Gasteiger partial charge on any atom is -0.497 e. The van der Waals surface area contributed by atoms with E-state index in [1.54, 1.807) is 67.3 Å². The molecule has 0 aliphatic heterocycles. The molecule has 0 bridgehead atoms. The Hall–Kier alpha value is -3.66. The number of carbonyl (C=O) groups excluding carboxylic acids is 2. The fraction of sp³-hybridized carbons (Fsp3) is 0.200. The summed E-state index contributed by atoms with van der Waals surface area (Å²) in [4.78, 5) is 24.3. The fourth-order valence-corrected chi connectivity index (χ4v) is 2.70. The maximum Gasteiger partial charge on any atom is 0.262 e. The summed E-state index contributed by atoms with van der Waals surface area (Å²) in [5, 5.41) is 12.2. The molecule has 156 valence electrons. The highest BCUT2D eigenvalue weighted by atomic mass is 32.1. The van der Waals surface area contributed by atoms with Crippen molar-refractivity contribution in [3.05, 3.63) is 64.7 Å². The van der Waals surface area contributed by atoms with Crippen LogP contribution in [-0.4, -0.2) is 40.3 Å². The largest absolute Gasteiger partial charge is 0.497 e. The zero-order chi connectivity index (χ0) is 21.5. The number of hydrogen-bond acceptors (Lipinski definition) is 6. The average Bonchev–Trinajstić information content (AvgIpc) is 3.08. The lowest BCUT2D eigenvalue weighted by Gasteiger charge is -2.09. The molecule has 3 N–H and O–H groups in total. The number of ether oxygens (including phenoxy) is 2. The Labute approximate surface area is 178 Å². The van der Waals surface area contributed by atoms with E-state index in [2.05, 4.69) is 20.8 Å². The normalized spacial score (nSPS) is 10.3. The van der Waals surface area contributed by atoms with Crippen LogP contribution in [0.4, 0.5) is 5.69 Å². The zero-order valence-electron chi connectivity index (χ0n) is 16.5. The third kappa shape index (κ3) is 5.45. The number of hydrogen-bond donors (Lipinski definition) is 3. The second-order valence-electron chi connectivity index (χ2n) is 6.28. The van der Waals surface area contributed by atoms with Gasteiger partial charge in [0.2, 0.25) is 0 Å². The third-order valence-electron chi connectivity index (χ3n) is 4.22. The predicted octanol–water partition coefficient (Wildman–Crippen LogP) is 2.43. The Bertz CT molecular complexity index is 1090. The molecular weight excluding hydrogens is 406 g/mol. The standard InChI is InChI=1S/C20H21N5O4S/c1-25-17(23-24-20(25)30)11-21-19(27)13-6-8-15(9-7-13)29-12-18(26)22-14-4-3-5-16(10-14)28-2/h3-10H,11-12H2,1-2H3,(H,21,27)(H,22,26)(H,24,30). The van der Waals surface area contributed by atoms with Crippen molar-refractivity contribution in [1.29, 1.82) is 0 Å². The summed E-state index contributed by atoms with van der Waals surface area (Å²) in [7, 11) is 3.33. The van der Waals surface area contributed by atoms with Crippen LogP contribution in [0.25, 0.3) is 0 Å². The lowest BCUT2D eigenvalue weighted by Crippen LogP contribution is -2.24. The van der Waals surface area contributed by atoms with Crippen LogP contribution in [0.1, 0.15) is 16.2 Å². The lowest BCUT2D eigenvalue weighted by molar-refractivity contribution is -0.118. The molecule has 0 saturated heterocycles. The molecule has 0 saturated carbocycles. The van der Waals surface area contributed by atoms with Gasteiger partial charge in [-0.25, -0.2) is 0 Å². The van der Waals surface area contributed by atoms with Crippen LogP contribution in [0.15, 0.2) is 48.5 Å². The molecule has 0 atom stereocenters. The van der Waals surface area contributed by atoms with Crippen LogP contribution < -0.4 is 20.1 Å². The minimum atomic E-state index is -0.307. The van der Waals surface area contributed by atoms with Gasteiger partial charge in [-0.1, -0.05) is 6.07 Å². The van der Waals surface area contributed by atoms with E-state index in [4.69, 9.17) is 21.7 Å². The van der Waals surface area contributed by atoms with E-state index in [1.165, 1.54) is 0 Å². The Morgan fingerprint density at radius 2 is 1.93 bits per heavy atom. The first-order valence-electron chi connectivity index (χ1n) is 9.01. The predicted molar refractivity (Wildman–Crippen MR) is 113 cm³/mol. The van der Waals surface area contributed by atoms with E-state index in [0.717, 1.165) is 0 Å². The molecular formula is C20H21N5O4S. The summed E-state index contributed by atoms with van der Waals surface area (Å²) in [6, 6.07) is 13.5. The number of amides is 2. The van der Waals surface area contributed by atoms with E-state index in [-0.39, 0.29) is 25.0 Å². The first kappa shape index (κ1) is 21.1. The van der Waals surface area contributed by atoms with E-state index >= 15 is 0 Å². The van der Waals surface area contributed by atoms with Gasteiger partial charge in [-0.3, -0.25) is 14.7 Å². The number of nitrogens with one attached hydrogen (secondary N) is 3. The second kappa shape index (κ2) is 9.70. The van der Waals surface area contributed by atoms with E-state index in [9.17, 15) is 9.59 Å². The molecule has 1 heterocycles. The van der Waals surface area contributed by atoms with Gasteiger partial charge in [-0.05, 0) is 48.6 Å². The summed E-state index contributed by atoms with van der Waals surface area (Å²) in [5.74, 6) is 1.18. The van der Waals surface area contributed by atoms with Crippen LogP contribution >= 0.6 is 12.2 Å².